The zero-order chi connectivity index (χ0) is 69.4. The molecule has 0 aromatic carbocycles. The van der Waals surface area contributed by atoms with Gasteiger partial charge in [0.1, 0.15) is 24.4 Å². The maximum absolute atomic E-state index is 13.1. The van der Waals surface area contributed by atoms with E-state index in [1.54, 1.807) is 6.08 Å². The fraction of sp³-hybridized carbons (Fsp3) is 0.929. The van der Waals surface area contributed by atoms with Gasteiger partial charge in [-0.1, -0.05) is 398 Å². The molecule has 1 heterocycles. The van der Waals surface area contributed by atoms with E-state index in [1.165, 1.54) is 360 Å². The number of unbranched alkanes of at least 4 members (excludes halogenated alkanes) is 61. The predicted octanol–water partition coefficient (Wildman–Crippen LogP) is 23.5. The van der Waals surface area contributed by atoms with Gasteiger partial charge in [0.25, 0.3) is 0 Å². The van der Waals surface area contributed by atoms with Crippen molar-refractivity contribution < 1.29 is 49.3 Å². The number of aliphatic hydroxyl groups excluding tert-OH is 5. The van der Waals surface area contributed by atoms with Crippen LogP contribution in [0.3, 0.4) is 0 Å². The van der Waals surface area contributed by atoms with E-state index >= 15 is 0 Å². The van der Waals surface area contributed by atoms with Gasteiger partial charge < -0.3 is 45.1 Å². The number of hydrogen-bond donors (Lipinski definition) is 6. The number of carbonyl (C=O) groups excluding carboxylic acids is 2. The second-order valence-electron chi connectivity index (χ2n) is 29.9. The highest BCUT2D eigenvalue weighted by molar-refractivity contribution is 5.76. The fourth-order valence-electron chi connectivity index (χ4n) is 13.9. The van der Waals surface area contributed by atoms with Crippen molar-refractivity contribution in [2.24, 2.45) is 0 Å². The van der Waals surface area contributed by atoms with Crippen molar-refractivity contribution in [3.8, 4) is 0 Å². The number of amides is 1. The summed E-state index contributed by atoms with van der Waals surface area (Å²) in [5.74, 6) is -0.160. The van der Waals surface area contributed by atoms with Crippen LogP contribution in [0.25, 0.3) is 0 Å². The molecular weight excluding hydrogens is 1190 g/mol. The van der Waals surface area contributed by atoms with E-state index in [9.17, 15) is 35.1 Å². The van der Waals surface area contributed by atoms with E-state index in [4.69, 9.17) is 14.2 Å². The highest BCUT2D eigenvalue weighted by atomic mass is 16.7. The summed E-state index contributed by atoms with van der Waals surface area (Å²) in [5.41, 5.74) is 0. The van der Waals surface area contributed by atoms with E-state index in [-0.39, 0.29) is 18.5 Å². The Hall–Kier alpha value is -1.86. The largest absolute Gasteiger partial charge is 0.466 e. The molecule has 1 fully saturated rings. The second-order valence-corrected chi connectivity index (χ2v) is 29.9. The minimum atomic E-state index is -1.57. The van der Waals surface area contributed by atoms with Gasteiger partial charge in [-0.15, -0.1) is 0 Å². The molecule has 7 unspecified atom stereocenters. The Morgan fingerprint density at radius 2 is 0.667 bits per heavy atom. The molecule has 0 aromatic rings. The van der Waals surface area contributed by atoms with Gasteiger partial charge >= 0.3 is 5.97 Å². The molecule has 0 aliphatic carbocycles. The van der Waals surface area contributed by atoms with E-state index in [2.05, 4.69) is 31.3 Å². The van der Waals surface area contributed by atoms with E-state index in [0.29, 0.717) is 19.4 Å². The Balaban J connectivity index is 1.86. The van der Waals surface area contributed by atoms with E-state index in [0.717, 1.165) is 57.8 Å². The van der Waals surface area contributed by atoms with Gasteiger partial charge in [-0.05, 0) is 57.8 Å². The number of ether oxygens (including phenoxy) is 3. The summed E-state index contributed by atoms with van der Waals surface area (Å²) in [6, 6.07) is -0.805. The van der Waals surface area contributed by atoms with Crippen LogP contribution in [0.15, 0.2) is 24.3 Å². The molecule has 0 radical (unpaired) electrons. The summed E-state index contributed by atoms with van der Waals surface area (Å²) >= 11 is 0. The molecule has 0 spiro atoms. The molecule has 1 amide bonds. The number of rotatable bonds is 77. The smallest absolute Gasteiger partial charge is 0.305 e. The summed E-state index contributed by atoms with van der Waals surface area (Å²) in [6.07, 6.45) is 86.6. The average molecular weight is 1360 g/mol. The molecule has 1 rings (SSSR count). The predicted molar refractivity (Wildman–Crippen MR) is 408 cm³/mol. The normalized spacial score (nSPS) is 17.3. The Morgan fingerprint density at radius 1 is 0.375 bits per heavy atom. The lowest BCUT2D eigenvalue weighted by atomic mass is 9.99. The number of aliphatic hydroxyl groups is 5. The third-order valence-electron chi connectivity index (χ3n) is 20.6. The first kappa shape index (κ1) is 92.2. The SMILES string of the molecule is CCCCCCCCC/C=C\CCCCCCCC(=O)OCCCCCCCCCCCCCCCCCCCCCCCCCCCCCCCCCCCCCCCCCC(=O)NC(COC1OC(CO)C(O)C(O)C1O)C(O)/C=C/CCCCCCCCCCCCC. The van der Waals surface area contributed by atoms with Crippen LogP contribution in [0.1, 0.15) is 444 Å². The van der Waals surface area contributed by atoms with Gasteiger partial charge in [0.15, 0.2) is 6.29 Å². The Morgan fingerprint density at radius 3 is 1.00 bits per heavy atom. The van der Waals surface area contributed by atoms with Crippen LogP contribution in [0.4, 0.5) is 0 Å². The molecule has 0 bridgehead atoms. The van der Waals surface area contributed by atoms with Crippen molar-refractivity contribution >= 4 is 11.9 Å². The molecular formula is C85H163NO10. The first-order valence-corrected chi connectivity index (χ1v) is 42.6. The molecule has 1 saturated heterocycles. The highest BCUT2D eigenvalue weighted by Crippen LogP contribution is 2.24. The lowest BCUT2D eigenvalue weighted by Crippen LogP contribution is -2.60. The maximum atomic E-state index is 13.1. The van der Waals surface area contributed by atoms with Crippen molar-refractivity contribution in [3.05, 3.63) is 24.3 Å². The fourth-order valence-corrected chi connectivity index (χ4v) is 13.9. The molecule has 11 heteroatoms. The maximum Gasteiger partial charge on any atom is 0.305 e. The molecule has 0 aromatic heterocycles. The summed E-state index contributed by atoms with van der Waals surface area (Å²) in [4.78, 5) is 25.2. The van der Waals surface area contributed by atoms with Crippen LogP contribution in [0.5, 0.6) is 0 Å². The van der Waals surface area contributed by atoms with Crippen LogP contribution < -0.4 is 5.32 Å². The van der Waals surface area contributed by atoms with Crippen molar-refractivity contribution in [2.45, 2.75) is 487 Å². The van der Waals surface area contributed by atoms with Crippen molar-refractivity contribution in [3.63, 3.8) is 0 Å². The Kier molecular flexibility index (Phi) is 71.4. The van der Waals surface area contributed by atoms with Crippen LogP contribution >= 0.6 is 0 Å². The minimum absolute atomic E-state index is 0.0120. The number of carbonyl (C=O) groups is 2. The molecule has 6 N–H and O–H groups in total. The van der Waals surface area contributed by atoms with E-state index < -0.39 is 49.5 Å². The molecule has 7 atom stereocenters. The highest BCUT2D eigenvalue weighted by Gasteiger charge is 2.44. The molecule has 11 nitrogen and oxygen atoms in total. The van der Waals surface area contributed by atoms with Crippen LogP contribution in [0.2, 0.25) is 0 Å². The zero-order valence-electron chi connectivity index (χ0n) is 63.6. The van der Waals surface area contributed by atoms with Gasteiger partial charge in [-0.3, -0.25) is 9.59 Å². The first-order chi connectivity index (χ1) is 47.2. The molecule has 1 aliphatic rings. The third-order valence-corrected chi connectivity index (χ3v) is 20.6. The summed E-state index contributed by atoms with van der Waals surface area (Å²) in [5, 5.41) is 54.6. The molecule has 1 aliphatic heterocycles. The lowest BCUT2D eigenvalue weighted by Gasteiger charge is -2.40. The van der Waals surface area contributed by atoms with Crippen LogP contribution in [0, 0.1) is 0 Å². The van der Waals surface area contributed by atoms with Crippen molar-refractivity contribution in [1.29, 1.82) is 0 Å². The number of esters is 1. The second kappa shape index (κ2) is 74.3. The summed E-state index contributed by atoms with van der Waals surface area (Å²) in [6.45, 7) is 4.40. The number of hydrogen-bond acceptors (Lipinski definition) is 10. The summed E-state index contributed by atoms with van der Waals surface area (Å²) in [7, 11) is 0. The minimum Gasteiger partial charge on any atom is -0.466 e. The van der Waals surface area contributed by atoms with Gasteiger partial charge in [-0.25, -0.2) is 0 Å². The number of nitrogens with one attached hydrogen (secondary N) is 1. The molecule has 568 valence electrons. The van der Waals surface area contributed by atoms with Crippen LogP contribution in [-0.2, 0) is 23.8 Å². The Bertz CT molecular complexity index is 1640. The average Bonchev–Trinajstić information content (AvgIpc) is 0.974. The first-order valence-electron chi connectivity index (χ1n) is 42.6. The monoisotopic (exact) mass is 1360 g/mol. The molecule has 96 heavy (non-hydrogen) atoms. The van der Waals surface area contributed by atoms with E-state index in [1.807, 2.05) is 6.08 Å². The standard InChI is InChI=1S/C85H163NO10/c1-3-5-7-9-11-13-15-17-18-45-49-53-57-61-65-69-73-81(90)94-74-70-66-62-58-54-50-46-43-41-39-37-35-33-31-29-27-25-23-21-19-20-22-24-26-28-30-32-34-36-38-40-42-44-48-52-56-60-64-68-72-80(89)86-77(76-95-85-84(93)83(92)82(91)79(75-87)96-85)78(88)71-67-63-59-55-51-47-16-14-12-10-8-6-4-2/h18,45,67,71,77-79,82-85,87-88,91-93H,3-17,19-44,46-66,68-70,72-76H2,1-2H3,(H,86,89)/b45-18-,71-67+. The zero-order valence-corrected chi connectivity index (χ0v) is 63.6. The van der Waals surface area contributed by atoms with Gasteiger partial charge in [0.05, 0.1) is 32.0 Å². The number of allylic oxidation sites excluding steroid dienone is 3. The lowest BCUT2D eigenvalue weighted by molar-refractivity contribution is -0.302. The Labute approximate surface area is 594 Å². The van der Waals surface area contributed by atoms with Gasteiger partial charge in [-0.2, -0.15) is 0 Å². The van der Waals surface area contributed by atoms with Gasteiger partial charge in [0.2, 0.25) is 5.91 Å². The topological polar surface area (TPSA) is 175 Å². The molecule has 0 saturated carbocycles. The van der Waals surface area contributed by atoms with Crippen molar-refractivity contribution in [1.82, 2.24) is 5.32 Å². The van der Waals surface area contributed by atoms with Crippen molar-refractivity contribution in [2.75, 3.05) is 19.8 Å². The van der Waals surface area contributed by atoms with Crippen LogP contribution in [-0.4, -0.2) is 100 Å². The summed E-state index contributed by atoms with van der Waals surface area (Å²) < 4.78 is 16.8. The third kappa shape index (κ3) is 62.0. The quantitative estimate of drug-likeness (QED) is 0.0195. The van der Waals surface area contributed by atoms with Gasteiger partial charge in [0, 0.05) is 12.8 Å².